The molecule has 1 aromatic heterocycles. The molecule has 0 saturated carbocycles. The molecule has 2 aliphatic rings. The number of anilines is 1. The van der Waals surface area contributed by atoms with Gasteiger partial charge in [-0.15, -0.1) is 0 Å². The summed E-state index contributed by atoms with van der Waals surface area (Å²) < 4.78 is 2.01. The molecule has 0 aromatic carbocycles. The zero-order valence-corrected chi connectivity index (χ0v) is 13.4. The maximum absolute atomic E-state index is 4.64. The largest absolute Gasteiger partial charge is 0.354 e. The lowest BCUT2D eigenvalue weighted by atomic mass is 9.93. The molecule has 0 amide bonds. The minimum absolute atomic E-state index is 0.784. The topological polar surface area (TPSA) is 53.1 Å². The fourth-order valence-corrected chi connectivity index (χ4v) is 3.40. The van der Waals surface area contributed by atoms with Crippen LogP contribution >= 0.6 is 12.8 Å². The average Bonchev–Trinajstić information content (AvgIpc) is 2.52. The normalized spacial score (nSPS) is 20.2. The molecule has 0 unspecified atom stereocenters. The predicted molar refractivity (Wildman–Crippen MR) is 88.4 cm³/mol. The van der Waals surface area contributed by atoms with E-state index in [1.165, 1.54) is 50.0 Å². The number of fused-ring (bicyclic) bond motifs is 1. The molecule has 1 fully saturated rings. The Morgan fingerprint density at radius 1 is 1.38 bits per heavy atom. The maximum Gasteiger partial charge on any atom is 0.222 e. The molecule has 5 nitrogen and oxygen atoms in total. The number of nitrogens with one attached hydrogen (secondary N) is 2. The van der Waals surface area contributed by atoms with Crippen molar-refractivity contribution < 1.29 is 0 Å². The average molecular weight is 307 g/mol. The Morgan fingerprint density at radius 3 is 3.10 bits per heavy atom. The van der Waals surface area contributed by atoms with Gasteiger partial charge in [-0.25, -0.2) is 14.3 Å². The Hall–Kier alpha value is -0.850. The minimum Gasteiger partial charge on any atom is -0.354 e. The van der Waals surface area contributed by atoms with E-state index in [-0.39, 0.29) is 0 Å². The molecule has 0 aliphatic carbocycles. The van der Waals surface area contributed by atoms with E-state index >= 15 is 0 Å². The van der Waals surface area contributed by atoms with Gasteiger partial charge in [0, 0.05) is 37.8 Å². The van der Waals surface area contributed by atoms with Crippen LogP contribution in [0.3, 0.4) is 0 Å². The highest BCUT2D eigenvalue weighted by molar-refractivity contribution is 7.77. The fourth-order valence-electron chi connectivity index (χ4n) is 3.15. The number of hydrogen-bond donors (Lipinski definition) is 3. The smallest absolute Gasteiger partial charge is 0.222 e. The van der Waals surface area contributed by atoms with E-state index in [1.807, 2.05) is 10.5 Å². The SMILES string of the molecule is SN1CCc2nc(NCCCC3CCNCC3)ncc2C1. The summed E-state index contributed by atoms with van der Waals surface area (Å²) in [6.45, 7) is 5.15. The molecule has 0 radical (unpaired) electrons. The van der Waals surface area contributed by atoms with Crippen molar-refractivity contribution in [2.75, 3.05) is 31.5 Å². The molecule has 21 heavy (non-hydrogen) atoms. The third-order valence-corrected chi connectivity index (χ3v) is 4.79. The van der Waals surface area contributed by atoms with Crippen LogP contribution in [0.15, 0.2) is 6.20 Å². The molecule has 6 heteroatoms. The van der Waals surface area contributed by atoms with Crippen molar-refractivity contribution in [2.24, 2.45) is 5.92 Å². The van der Waals surface area contributed by atoms with Gasteiger partial charge < -0.3 is 10.6 Å². The third-order valence-electron chi connectivity index (χ3n) is 4.44. The second kappa shape index (κ2) is 7.42. The van der Waals surface area contributed by atoms with Crippen LogP contribution in [0.25, 0.3) is 0 Å². The van der Waals surface area contributed by atoms with Crippen molar-refractivity contribution in [3.63, 3.8) is 0 Å². The highest BCUT2D eigenvalue weighted by Crippen LogP contribution is 2.19. The van der Waals surface area contributed by atoms with Gasteiger partial charge in [-0.05, 0) is 44.7 Å². The first kappa shape index (κ1) is 15.1. The standard InChI is InChI=1S/C15H25N5S/c21-20-9-5-14-13(11-20)10-18-15(19-14)17-6-1-2-12-3-7-16-8-4-12/h10,12,16,21H,1-9,11H2,(H,17,18,19). The van der Waals surface area contributed by atoms with E-state index in [2.05, 4.69) is 33.4 Å². The number of rotatable bonds is 5. The van der Waals surface area contributed by atoms with Crippen LogP contribution in [0.4, 0.5) is 5.95 Å². The lowest BCUT2D eigenvalue weighted by molar-refractivity contribution is 0.350. The number of hydrogen-bond acceptors (Lipinski definition) is 6. The van der Waals surface area contributed by atoms with Crippen LogP contribution in [0.1, 0.15) is 36.9 Å². The summed E-state index contributed by atoms with van der Waals surface area (Å²) in [4.78, 5) is 9.06. The monoisotopic (exact) mass is 307 g/mol. The van der Waals surface area contributed by atoms with Gasteiger partial charge in [0.25, 0.3) is 0 Å². The van der Waals surface area contributed by atoms with Crippen LogP contribution in [0.5, 0.6) is 0 Å². The van der Waals surface area contributed by atoms with E-state index in [0.29, 0.717) is 0 Å². The van der Waals surface area contributed by atoms with E-state index in [9.17, 15) is 0 Å². The number of piperidine rings is 1. The summed E-state index contributed by atoms with van der Waals surface area (Å²) in [7, 11) is 0. The Kier molecular flexibility index (Phi) is 5.32. The molecular formula is C15H25N5S. The Bertz CT molecular complexity index is 461. The van der Waals surface area contributed by atoms with Gasteiger partial charge in [-0.2, -0.15) is 0 Å². The van der Waals surface area contributed by atoms with Gasteiger partial charge in [-0.3, -0.25) is 0 Å². The second-order valence-corrected chi connectivity index (χ2v) is 6.63. The van der Waals surface area contributed by atoms with Crippen molar-refractivity contribution in [2.45, 2.75) is 38.6 Å². The summed E-state index contributed by atoms with van der Waals surface area (Å²) in [6.07, 6.45) is 8.08. The van der Waals surface area contributed by atoms with E-state index in [4.69, 9.17) is 0 Å². The first-order valence-electron chi connectivity index (χ1n) is 8.04. The van der Waals surface area contributed by atoms with Gasteiger partial charge in [0.15, 0.2) is 0 Å². The van der Waals surface area contributed by atoms with E-state index in [0.717, 1.165) is 37.9 Å². The highest BCUT2D eigenvalue weighted by Gasteiger charge is 2.16. The van der Waals surface area contributed by atoms with Gasteiger partial charge in [0.2, 0.25) is 5.95 Å². The van der Waals surface area contributed by atoms with Gasteiger partial charge in [-0.1, -0.05) is 12.8 Å². The first-order chi connectivity index (χ1) is 10.3. The zero-order valence-electron chi connectivity index (χ0n) is 12.5. The van der Waals surface area contributed by atoms with Crippen LogP contribution in [-0.2, 0) is 13.0 Å². The minimum atomic E-state index is 0.784. The molecule has 0 bridgehead atoms. The Labute approximate surface area is 132 Å². The van der Waals surface area contributed by atoms with Crippen molar-refractivity contribution in [1.82, 2.24) is 19.6 Å². The Morgan fingerprint density at radius 2 is 2.24 bits per heavy atom. The summed E-state index contributed by atoms with van der Waals surface area (Å²) in [5.41, 5.74) is 2.38. The van der Waals surface area contributed by atoms with E-state index < -0.39 is 0 Å². The third kappa shape index (κ3) is 4.31. The second-order valence-electron chi connectivity index (χ2n) is 6.07. The lowest BCUT2D eigenvalue weighted by Crippen LogP contribution is -2.28. The quantitative estimate of drug-likeness (QED) is 0.573. The number of thiol groups is 1. The molecule has 2 N–H and O–H groups in total. The molecule has 1 aromatic rings. The molecular weight excluding hydrogens is 282 g/mol. The van der Waals surface area contributed by atoms with Crippen LogP contribution in [0, 0.1) is 5.92 Å². The molecule has 2 aliphatic heterocycles. The number of nitrogens with zero attached hydrogens (tertiary/aromatic N) is 3. The lowest BCUT2D eigenvalue weighted by Gasteiger charge is -2.23. The summed E-state index contributed by atoms with van der Waals surface area (Å²) in [5.74, 6) is 1.69. The van der Waals surface area contributed by atoms with Crippen molar-refractivity contribution in [3.05, 3.63) is 17.5 Å². The highest BCUT2D eigenvalue weighted by atomic mass is 32.1. The molecule has 116 valence electrons. The van der Waals surface area contributed by atoms with Crippen LogP contribution < -0.4 is 10.6 Å². The summed E-state index contributed by atoms with van der Waals surface area (Å²) in [5, 5.41) is 6.79. The molecule has 3 rings (SSSR count). The van der Waals surface area contributed by atoms with Crippen LogP contribution in [-0.4, -0.2) is 40.5 Å². The molecule has 0 spiro atoms. The van der Waals surface area contributed by atoms with Crippen molar-refractivity contribution in [1.29, 1.82) is 0 Å². The Balaban J connectivity index is 1.43. The van der Waals surface area contributed by atoms with Gasteiger partial charge in [0.1, 0.15) is 0 Å². The summed E-state index contributed by atoms with van der Waals surface area (Å²) >= 11 is 4.39. The molecule has 0 atom stereocenters. The van der Waals surface area contributed by atoms with Crippen LogP contribution in [0.2, 0.25) is 0 Å². The maximum atomic E-state index is 4.64. The first-order valence-corrected chi connectivity index (χ1v) is 8.44. The van der Waals surface area contributed by atoms with Gasteiger partial charge >= 0.3 is 0 Å². The summed E-state index contributed by atoms with van der Waals surface area (Å²) in [6, 6.07) is 0. The van der Waals surface area contributed by atoms with Crippen molar-refractivity contribution >= 4 is 18.8 Å². The fraction of sp³-hybridized carbons (Fsp3) is 0.733. The zero-order chi connectivity index (χ0) is 14.5. The molecule has 1 saturated heterocycles. The van der Waals surface area contributed by atoms with E-state index in [1.54, 1.807) is 0 Å². The number of aromatic nitrogens is 2. The van der Waals surface area contributed by atoms with Gasteiger partial charge in [0.05, 0.1) is 5.69 Å². The van der Waals surface area contributed by atoms with Crippen molar-refractivity contribution in [3.8, 4) is 0 Å². The molecule has 3 heterocycles. The predicted octanol–water partition coefficient (Wildman–Crippen LogP) is 1.87.